The zero-order chi connectivity index (χ0) is 23.8. The van der Waals surface area contributed by atoms with E-state index in [2.05, 4.69) is 42.3 Å². The van der Waals surface area contributed by atoms with Crippen LogP contribution in [0.1, 0.15) is 32.6 Å². The maximum Gasteiger partial charge on any atom is 0.416 e. The molecule has 5 nitrogen and oxygen atoms in total. The molecule has 2 aromatic carbocycles. The number of rotatable bonds is 5. The predicted molar refractivity (Wildman–Crippen MR) is 119 cm³/mol. The molecule has 2 aliphatic heterocycles. The van der Waals surface area contributed by atoms with Crippen molar-refractivity contribution < 1.29 is 22.8 Å². The van der Waals surface area contributed by atoms with Crippen molar-refractivity contribution in [1.82, 2.24) is 15.1 Å². The van der Waals surface area contributed by atoms with E-state index in [-0.39, 0.29) is 18.0 Å². The summed E-state index contributed by atoms with van der Waals surface area (Å²) < 4.78 is 38.6. The van der Waals surface area contributed by atoms with Gasteiger partial charge in [-0.15, -0.1) is 0 Å². The van der Waals surface area contributed by atoms with Gasteiger partial charge in [-0.2, -0.15) is 13.2 Å². The van der Waals surface area contributed by atoms with Crippen LogP contribution in [0, 0.1) is 25.7 Å². The molecule has 0 bridgehead atoms. The molecule has 0 aromatic heterocycles. The minimum atomic E-state index is -4.52. The van der Waals surface area contributed by atoms with Gasteiger partial charge in [0.2, 0.25) is 5.91 Å². The van der Waals surface area contributed by atoms with Crippen LogP contribution in [0.15, 0.2) is 42.5 Å². The van der Waals surface area contributed by atoms with E-state index in [0.29, 0.717) is 24.9 Å². The Labute approximate surface area is 191 Å². The van der Waals surface area contributed by atoms with Gasteiger partial charge >= 0.3 is 6.18 Å². The molecule has 2 heterocycles. The summed E-state index contributed by atoms with van der Waals surface area (Å²) >= 11 is 0. The molecule has 1 N–H and O–H groups in total. The molecule has 2 atom stereocenters. The van der Waals surface area contributed by atoms with E-state index in [4.69, 9.17) is 0 Å². The van der Waals surface area contributed by atoms with Crippen LogP contribution in [0.2, 0.25) is 0 Å². The maximum absolute atomic E-state index is 12.9. The molecule has 0 saturated carbocycles. The maximum atomic E-state index is 12.9. The van der Waals surface area contributed by atoms with Crippen LogP contribution in [0.3, 0.4) is 0 Å². The highest BCUT2D eigenvalue weighted by Crippen LogP contribution is 2.32. The number of halogens is 3. The Bertz CT molecular complexity index is 1040. The monoisotopic (exact) mass is 459 g/mol. The first-order valence-corrected chi connectivity index (χ1v) is 11.1. The van der Waals surface area contributed by atoms with Gasteiger partial charge in [0, 0.05) is 38.3 Å². The number of carbonyl (C=O) groups excluding carboxylic acids is 2. The zero-order valence-electron chi connectivity index (χ0n) is 18.8. The number of hydrogen-bond acceptors (Lipinski definition) is 3. The molecule has 2 fully saturated rings. The second-order valence-corrected chi connectivity index (χ2v) is 9.20. The van der Waals surface area contributed by atoms with E-state index >= 15 is 0 Å². The SMILES string of the molecule is Cc1ccc(CN2CC3CN(C(=O)CNC(=O)c4cccc(C(F)(F)F)c4)CC3C2)c(C)c1. The smallest absolute Gasteiger partial charge is 0.343 e. The van der Waals surface area contributed by atoms with E-state index in [1.165, 1.54) is 28.8 Å². The zero-order valence-corrected chi connectivity index (χ0v) is 18.8. The number of amides is 2. The van der Waals surface area contributed by atoms with Crippen LogP contribution in [0.4, 0.5) is 13.2 Å². The Balaban J connectivity index is 1.26. The van der Waals surface area contributed by atoms with Gasteiger partial charge in [-0.3, -0.25) is 14.5 Å². The Morgan fingerprint density at radius 1 is 1.00 bits per heavy atom. The van der Waals surface area contributed by atoms with Crippen molar-refractivity contribution in [2.75, 3.05) is 32.7 Å². The molecule has 33 heavy (non-hydrogen) atoms. The van der Waals surface area contributed by atoms with Crippen LogP contribution in [0.5, 0.6) is 0 Å². The molecule has 0 aliphatic carbocycles. The first-order valence-electron chi connectivity index (χ1n) is 11.1. The van der Waals surface area contributed by atoms with Crippen LogP contribution < -0.4 is 5.32 Å². The molecule has 8 heteroatoms. The second kappa shape index (κ2) is 9.17. The summed E-state index contributed by atoms with van der Waals surface area (Å²) in [6.45, 7) is 8.05. The van der Waals surface area contributed by atoms with Crippen LogP contribution in [-0.4, -0.2) is 54.3 Å². The fourth-order valence-electron chi connectivity index (χ4n) is 4.89. The second-order valence-electron chi connectivity index (χ2n) is 9.20. The number of likely N-dealkylation sites (tertiary alicyclic amines) is 2. The highest BCUT2D eigenvalue weighted by molar-refractivity contribution is 5.96. The van der Waals surface area contributed by atoms with E-state index in [0.717, 1.165) is 31.8 Å². The summed E-state index contributed by atoms with van der Waals surface area (Å²) in [7, 11) is 0. The molecule has 0 spiro atoms. The van der Waals surface area contributed by atoms with Crippen molar-refractivity contribution in [3.05, 3.63) is 70.3 Å². The third kappa shape index (κ3) is 5.38. The number of nitrogens with one attached hydrogen (secondary N) is 1. The van der Waals surface area contributed by atoms with Gasteiger partial charge < -0.3 is 10.2 Å². The highest BCUT2D eigenvalue weighted by atomic mass is 19.4. The van der Waals surface area contributed by atoms with E-state index in [1.54, 1.807) is 4.90 Å². The minimum Gasteiger partial charge on any atom is -0.343 e. The van der Waals surface area contributed by atoms with Crippen LogP contribution in [0.25, 0.3) is 0 Å². The molecule has 2 unspecified atom stereocenters. The molecule has 0 radical (unpaired) electrons. The number of alkyl halides is 3. The number of fused-ring (bicyclic) bond motifs is 1. The molecule has 2 saturated heterocycles. The Hall–Kier alpha value is -2.87. The molecule has 2 aromatic rings. The van der Waals surface area contributed by atoms with Crippen molar-refractivity contribution in [2.24, 2.45) is 11.8 Å². The Morgan fingerprint density at radius 2 is 1.70 bits per heavy atom. The Kier molecular flexibility index (Phi) is 6.47. The van der Waals surface area contributed by atoms with Crippen LogP contribution in [-0.2, 0) is 17.5 Å². The number of hydrogen-bond donors (Lipinski definition) is 1. The van der Waals surface area contributed by atoms with Gasteiger partial charge in [-0.1, -0.05) is 29.8 Å². The van der Waals surface area contributed by atoms with Gasteiger partial charge in [-0.25, -0.2) is 0 Å². The lowest BCUT2D eigenvalue weighted by Crippen LogP contribution is -2.40. The third-order valence-electron chi connectivity index (χ3n) is 6.66. The fourth-order valence-corrected chi connectivity index (χ4v) is 4.89. The van der Waals surface area contributed by atoms with Crippen molar-refractivity contribution >= 4 is 11.8 Å². The lowest BCUT2D eigenvalue weighted by atomic mass is 10.0. The number of nitrogens with zero attached hydrogens (tertiary/aromatic N) is 2. The molecule has 4 rings (SSSR count). The van der Waals surface area contributed by atoms with Crippen molar-refractivity contribution in [2.45, 2.75) is 26.6 Å². The van der Waals surface area contributed by atoms with Gasteiger partial charge in [0.05, 0.1) is 12.1 Å². The van der Waals surface area contributed by atoms with Gasteiger partial charge in [0.1, 0.15) is 0 Å². The standard InChI is InChI=1S/C25H28F3N3O2/c1-16-6-7-19(17(2)8-16)11-30-12-20-14-31(15-21(20)13-30)23(32)10-29-24(33)18-4-3-5-22(9-18)25(26,27)28/h3-9,20-21H,10-15H2,1-2H3,(H,29,33). The molecular weight excluding hydrogens is 431 g/mol. The number of carbonyl (C=O) groups is 2. The molecule has 2 aliphatic rings. The average Bonchev–Trinajstić information content (AvgIpc) is 3.32. The largest absolute Gasteiger partial charge is 0.416 e. The van der Waals surface area contributed by atoms with Gasteiger partial charge in [0.25, 0.3) is 5.91 Å². The highest BCUT2D eigenvalue weighted by Gasteiger charge is 2.41. The van der Waals surface area contributed by atoms with Crippen molar-refractivity contribution in [1.29, 1.82) is 0 Å². The summed E-state index contributed by atoms with van der Waals surface area (Å²) in [6.07, 6.45) is -4.52. The predicted octanol–water partition coefficient (Wildman–Crippen LogP) is 3.64. The normalized spacial score (nSPS) is 20.7. The lowest BCUT2D eigenvalue weighted by molar-refractivity contribution is -0.137. The quantitative estimate of drug-likeness (QED) is 0.743. The van der Waals surface area contributed by atoms with E-state index < -0.39 is 17.6 Å². The third-order valence-corrected chi connectivity index (χ3v) is 6.66. The van der Waals surface area contributed by atoms with E-state index in [1.807, 2.05) is 0 Å². The van der Waals surface area contributed by atoms with Crippen molar-refractivity contribution in [3.8, 4) is 0 Å². The molecule has 2 amide bonds. The van der Waals surface area contributed by atoms with Crippen molar-refractivity contribution in [3.63, 3.8) is 0 Å². The lowest BCUT2D eigenvalue weighted by Gasteiger charge is -2.22. The van der Waals surface area contributed by atoms with Crippen LogP contribution >= 0.6 is 0 Å². The Morgan fingerprint density at radius 3 is 2.33 bits per heavy atom. The van der Waals surface area contributed by atoms with E-state index in [9.17, 15) is 22.8 Å². The first-order chi connectivity index (χ1) is 15.6. The summed E-state index contributed by atoms with van der Waals surface area (Å²) in [6, 6.07) is 10.7. The molecular formula is C25H28F3N3O2. The summed E-state index contributed by atoms with van der Waals surface area (Å²) in [5.74, 6) is -0.0862. The minimum absolute atomic E-state index is 0.113. The number of aryl methyl sites for hydroxylation is 2. The van der Waals surface area contributed by atoms with Gasteiger partial charge in [0.15, 0.2) is 0 Å². The van der Waals surface area contributed by atoms with Gasteiger partial charge in [-0.05, 0) is 55.0 Å². The fraction of sp³-hybridized carbons (Fsp3) is 0.440. The number of benzene rings is 2. The summed E-state index contributed by atoms with van der Waals surface area (Å²) in [5.41, 5.74) is 2.87. The average molecular weight is 460 g/mol. The summed E-state index contributed by atoms with van der Waals surface area (Å²) in [4.78, 5) is 29.0. The first kappa shape index (κ1) is 23.3. The molecule has 176 valence electrons. The topological polar surface area (TPSA) is 52.6 Å². The summed E-state index contributed by atoms with van der Waals surface area (Å²) in [5, 5.41) is 2.46.